The van der Waals surface area contributed by atoms with Gasteiger partial charge in [-0.1, -0.05) is 24.3 Å². The Hall–Kier alpha value is -0.810. The van der Waals surface area contributed by atoms with Crippen molar-refractivity contribution in [3.8, 4) is 0 Å². The van der Waals surface area contributed by atoms with Gasteiger partial charge in [0.1, 0.15) is 4.75 Å². The molecular weight excluding hydrogens is 366 g/mol. The topological polar surface area (TPSA) is 129 Å². The van der Waals surface area contributed by atoms with Gasteiger partial charge >= 0.3 is 0 Å². The van der Waals surface area contributed by atoms with Crippen LogP contribution < -0.4 is 27.0 Å². The summed E-state index contributed by atoms with van der Waals surface area (Å²) < 4.78 is 30.1. The molecule has 0 aromatic carbocycles. The SMILES string of the molecule is C1CNCCN1.CC1CNC(C)CN1.NCCC1(S(=O)(=O)O)C=CC=CC1. The molecule has 3 aliphatic rings. The van der Waals surface area contributed by atoms with E-state index in [0.717, 1.165) is 39.3 Å². The number of hydrogen-bond acceptors (Lipinski definition) is 7. The lowest BCUT2D eigenvalue weighted by Crippen LogP contribution is -2.51. The Labute approximate surface area is 164 Å². The molecule has 2 aliphatic heterocycles. The number of allylic oxidation sites excluding steroid dienone is 3. The molecule has 3 atom stereocenters. The zero-order valence-corrected chi connectivity index (χ0v) is 17.4. The second-order valence-electron chi connectivity index (χ2n) is 7.19. The molecule has 7 N–H and O–H groups in total. The first-order chi connectivity index (χ1) is 12.8. The van der Waals surface area contributed by atoms with Crippen molar-refractivity contribution in [3.05, 3.63) is 24.3 Å². The second kappa shape index (κ2) is 12.6. The van der Waals surface area contributed by atoms with E-state index < -0.39 is 14.9 Å². The molecule has 2 heterocycles. The normalized spacial score (nSPS) is 30.5. The molecule has 1 aliphatic carbocycles. The summed E-state index contributed by atoms with van der Waals surface area (Å²) in [4.78, 5) is 0. The monoisotopic (exact) mass is 403 g/mol. The lowest BCUT2D eigenvalue weighted by Gasteiger charge is -2.26. The minimum absolute atomic E-state index is 0.234. The van der Waals surface area contributed by atoms with Gasteiger partial charge in [-0.05, 0) is 33.2 Å². The highest BCUT2D eigenvalue weighted by Gasteiger charge is 2.39. The highest BCUT2D eigenvalue weighted by Crippen LogP contribution is 2.29. The van der Waals surface area contributed by atoms with E-state index in [9.17, 15) is 8.42 Å². The summed E-state index contributed by atoms with van der Waals surface area (Å²) in [5.41, 5.74) is 5.31. The highest BCUT2D eigenvalue weighted by atomic mass is 32.2. The zero-order chi connectivity index (χ0) is 20.2. The number of nitrogens with one attached hydrogen (secondary N) is 4. The van der Waals surface area contributed by atoms with Crippen LogP contribution >= 0.6 is 0 Å². The van der Waals surface area contributed by atoms with Gasteiger partial charge in [0.25, 0.3) is 10.1 Å². The fraction of sp³-hybridized carbons (Fsp3) is 0.778. The maximum atomic E-state index is 11.1. The van der Waals surface area contributed by atoms with Crippen molar-refractivity contribution in [2.45, 2.75) is 43.5 Å². The van der Waals surface area contributed by atoms with Crippen molar-refractivity contribution >= 4 is 10.1 Å². The first-order valence-corrected chi connectivity index (χ1v) is 11.1. The molecule has 0 saturated carbocycles. The zero-order valence-electron chi connectivity index (χ0n) is 16.6. The molecule has 27 heavy (non-hydrogen) atoms. The van der Waals surface area contributed by atoms with E-state index in [4.69, 9.17) is 10.3 Å². The Bertz CT molecular complexity index is 534. The fourth-order valence-electron chi connectivity index (χ4n) is 2.90. The van der Waals surface area contributed by atoms with Crippen LogP contribution in [0.2, 0.25) is 0 Å². The van der Waals surface area contributed by atoms with Crippen molar-refractivity contribution in [1.29, 1.82) is 0 Å². The quantitative estimate of drug-likeness (QED) is 0.352. The average molecular weight is 404 g/mol. The van der Waals surface area contributed by atoms with Crippen LogP contribution in [0.25, 0.3) is 0 Å². The molecule has 9 heteroatoms. The van der Waals surface area contributed by atoms with Gasteiger partial charge in [0.15, 0.2) is 0 Å². The van der Waals surface area contributed by atoms with E-state index in [0.29, 0.717) is 18.5 Å². The van der Waals surface area contributed by atoms with Crippen LogP contribution in [-0.2, 0) is 10.1 Å². The molecule has 0 spiro atoms. The predicted octanol–water partition coefficient (Wildman–Crippen LogP) is -0.387. The molecule has 158 valence electrons. The average Bonchev–Trinajstić information content (AvgIpc) is 2.67. The molecule has 0 amide bonds. The van der Waals surface area contributed by atoms with Gasteiger partial charge < -0.3 is 27.0 Å². The first-order valence-electron chi connectivity index (χ1n) is 9.70. The van der Waals surface area contributed by atoms with Crippen molar-refractivity contribution in [2.24, 2.45) is 5.73 Å². The molecule has 0 aromatic heterocycles. The summed E-state index contributed by atoms with van der Waals surface area (Å²) in [5, 5.41) is 13.2. The van der Waals surface area contributed by atoms with Crippen LogP contribution in [0.4, 0.5) is 0 Å². The van der Waals surface area contributed by atoms with Crippen molar-refractivity contribution in [2.75, 3.05) is 45.8 Å². The lowest BCUT2D eigenvalue weighted by molar-refractivity contribution is 0.376. The second-order valence-corrected chi connectivity index (χ2v) is 8.95. The Morgan fingerprint density at radius 3 is 1.85 bits per heavy atom. The first kappa shape index (κ1) is 24.2. The van der Waals surface area contributed by atoms with E-state index >= 15 is 0 Å². The molecule has 0 bridgehead atoms. The van der Waals surface area contributed by atoms with Crippen LogP contribution in [0.3, 0.4) is 0 Å². The van der Waals surface area contributed by atoms with Crippen LogP contribution in [0.15, 0.2) is 24.3 Å². The molecule has 3 unspecified atom stereocenters. The summed E-state index contributed by atoms with van der Waals surface area (Å²) >= 11 is 0. The van der Waals surface area contributed by atoms with Crippen LogP contribution in [-0.4, -0.2) is 75.6 Å². The van der Waals surface area contributed by atoms with Gasteiger partial charge in [-0.15, -0.1) is 0 Å². The standard InChI is InChI=1S/C8H13NO3S.C6H14N2.C4H10N2/c9-7-6-8(13(10,11)12)4-2-1-3-5-8;1-5-3-8-6(2)4-7-5;1-2-6-4-3-5-1/h1-4H,5-7,9H2,(H,10,11,12);5-8H,3-4H2,1-2H3;5-6H,1-4H2. The van der Waals surface area contributed by atoms with Crippen molar-refractivity contribution in [1.82, 2.24) is 21.3 Å². The third-order valence-electron chi connectivity index (χ3n) is 4.69. The largest absolute Gasteiger partial charge is 0.330 e. The van der Waals surface area contributed by atoms with Crippen molar-refractivity contribution in [3.63, 3.8) is 0 Å². The molecule has 3 rings (SSSR count). The summed E-state index contributed by atoms with van der Waals surface area (Å²) in [6.07, 6.45) is 7.11. The minimum atomic E-state index is -4.07. The van der Waals surface area contributed by atoms with Crippen LogP contribution in [0.1, 0.15) is 26.7 Å². The van der Waals surface area contributed by atoms with Gasteiger partial charge in [0, 0.05) is 51.4 Å². The minimum Gasteiger partial charge on any atom is -0.330 e. The van der Waals surface area contributed by atoms with Gasteiger partial charge in [0.2, 0.25) is 0 Å². The van der Waals surface area contributed by atoms with E-state index in [1.807, 2.05) is 0 Å². The number of nitrogens with two attached hydrogens (primary N) is 1. The predicted molar refractivity (Wildman–Crippen MR) is 112 cm³/mol. The van der Waals surface area contributed by atoms with Crippen LogP contribution in [0, 0.1) is 0 Å². The summed E-state index contributed by atoms with van der Waals surface area (Å²) in [6, 6.07) is 1.32. The van der Waals surface area contributed by atoms with Crippen LogP contribution in [0.5, 0.6) is 0 Å². The summed E-state index contributed by atoms with van der Waals surface area (Å²) in [7, 11) is -4.07. The van der Waals surface area contributed by atoms with E-state index in [1.54, 1.807) is 18.2 Å². The molecular formula is C18H37N5O3S. The number of piperazine rings is 2. The maximum Gasteiger partial charge on any atom is 0.274 e. The molecule has 2 saturated heterocycles. The summed E-state index contributed by atoms with van der Waals surface area (Å²) in [6.45, 7) is 11.4. The lowest BCUT2D eigenvalue weighted by atomic mass is 9.96. The Morgan fingerprint density at radius 1 is 1.04 bits per heavy atom. The maximum absolute atomic E-state index is 11.1. The smallest absolute Gasteiger partial charge is 0.274 e. The molecule has 0 radical (unpaired) electrons. The van der Waals surface area contributed by atoms with E-state index in [-0.39, 0.29) is 13.0 Å². The Balaban J connectivity index is 0.000000221. The number of rotatable bonds is 3. The third kappa shape index (κ3) is 9.29. The number of hydrogen-bond donors (Lipinski definition) is 6. The van der Waals surface area contributed by atoms with Gasteiger partial charge in [-0.3, -0.25) is 4.55 Å². The molecule has 2 fully saturated rings. The fourth-order valence-corrected chi connectivity index (χ4v) is 3.83. The third-order valence-corrected chi connectivity index (χ3v) is 6.23. The van der Waals surface area contributed by atoms with Gasteiger partial charge in [-0.25, -0.2) is 0 Å². The van der Waals surface area contributed by atoms with Gasteiger partial charge in [0.05, 0.1) is 0 Å². The molecule has 0 aromatic rings. The van der Waals surface area contributed by atoms with E-state index in [1.165, 1.54) is 6.08 Å². The van der Waals surface area contributed by atoms with Gasteiger partial charge in [-0.2, -0.15) is 8.42 Å². The summed E-state index contributed by atoms with van der Waals surface area (Å²) in [5.74, 6) is 0. The molecule has 8 nitrogen and oxygen atoms in total. The highest BCUT2D eigenvalue weighted by molar-refractivity contribution is 7.87. The Morgan fingerprint density at radius 2 is 1.56 bits per heavy atom. The van der Waals surface area contributed by atoms with Crippen molar-refractivity contribution < 1.29 is 13.0 Å². The Kier molecular flexibility index (Phi) is 11.3. The van der Waals surface area contributed by atoms with E-state index in [2.05, 4.69) is 35.1 Å².